The van der Waals surface area contributed by atoms with Crippen LogP contribution in [-0.4, -0.2) is 36.6 Å². The van der Waals surface area contributed by atoms with Crippen molar-refractivity contribution >= 4 is 5.91 Å². The second-order valence-electron chi connectivity index (χ2n) is 10.4. The molecule has 1 N–H and O–H groups in total. The summed E-state index contributed by atoms with van der Waals surface area (Å²) in [5.41, 5.74) is 1.38. The van der Waals surface area contributed by atoms with Crippen molar-refractivity contribution in [3.63, 3.8) is 0 Å². The fourth-order valence-electron chi connectivity index (χ4n) is 4.99. The number of nitrogens with zero attached hydrogens (tertiary/aromatic N) is 1. The van der Waals surface area contributed by atoms with Gasteiger partial charge in [0.25, 0.3) is 0 Å². The van der Waals surface area contributed by atoms with E-state index in [1.807, 2.05) is 0 Å². The summed E-state index contributed by atoms with van der Waals surface area (Å²) in [7, 11) is 0. The summed E-state index contributed by atoms with van der Waals surface area (Å²) < 4.78 is 1.03. The van der Waals surface area contributed by atoms with Crippen LogP contribution in [-0.2, 0) is 11.3 Å². The largest absolute Gasteiger partial charge is 0.350 e. The van der Waals surface area contributed by atoms with Crippen LogP contribution in [0.3, 0.4) is 0 Å². The molecule has 0 atom stereocenters. The summed E-state index contributed by atoms with van der Waals surface area (Å²) in [4.78, 5) is 12.3. The van der Waals surface area contributed by atoms with E-state index < -0.39 is 0 Å². The van der Waals surface area contributed by atoms with Crippen LogP contribution in [0.2, 0.25) is 0 Å². The molecule has 0 radical (unpaired) electrons. The first-order valence-electron chi connectivity index (χ1n) is 14.8. The zero-order valence-electron chi connectivity index (χ0n) is 23.1. The molecule has 1 aromatic rings. The third-order valence-electron chi connectivity index (χ3n) is 7.62. The molecule has 0 aliphatic rings. The van der Waals surface area contributed by atoms with Gasteiger partial charge in [0.15, 0.2) is 0 Å². The molecule has 0 saturated heterocycles. The van der Waals surface area contributed by atoms with E-state index in [9.17, 15) is 4.79 Å². The highest BCUT2D eigenvalue weighted by Gasteiger charge is 2.23. The van der Waals surface area contributed by atoms with E-state index in [0.717, 1.165) is 43.6 Å². The highest BCUT2D eigenvalue weighted by Crippen LogP contribution is 2.15. The van der Waals surface area contributed by atoms with E-state index in [0.29, 0.717) is 6.42 Å². The standard InChI is InChI=1S/C31H56N2O/c1-4-7-8-9-10-11-12-13-14-15-16-17-18-19-23-26-31(34)32-27-28-33(5-2,6-3)29-30-24-21-20-22-25-30/h20-22,24-25H,4-19,23,26-29H2,1-3H3/p+1. The Hall–Kier alpha value is -1.35. The van der Waals surface area contributed by atoms with Crippen LogP contribution >= 0.6 is 0 Å². The summed E-state index contributed by atoms with van der Waals surface area (Å²) in [6.07, 6.45) is 21.1. The first-order valence-corrected chi connectivity index (χ1v) is 14.8. The number of likely N-dealkylation sites (N-methyl/N-ethyl adjacent to an activating group) is 1. The number of rotatable bonds is 23. The minimum absolute atomic E-state index is 0.236. The topological polar surface area (TPSA) is 29.1 Å². The van der Waals surface area contributed by atoms with Crippen LogP contribution in [0.15, 0.2) is 30.3 Å². The zero-order chi connectivity index (χ0) is 24.7. The Bertz CT molecular complexity index is 582. The molecule has 0 heterocycles. The van der Waals surface area contributed by atoms with Crippen molar-refractivity contribution in [3.05, 3.63) is 35.9 Å². The molecule has 196 valence electrons. The number of quaternary nitrogens is 1. The average molecular weight is 474 g/mol. The number of hydrogen-bond donors (Lipinski definition) is 1. The Morgan fingerprint density at radius 2 is 1.15 bits per heavy atom. The second kappa shape index (κ2) is 21.0. The molecule has 0 fully saturated rings. The van der Waals surface area contributed by atoms with Gasteiger partial charge in [0.05, 0.1) is 26.2 Å². The van der Waals surface area contributed by atoms with Crippen LogP contribution in [0.1, 0.15) is 129 Å². The molecule has 0 spiro atoms. The molecule has 1 aromatic carbocycles. The molecule has 0 unspecified atom stereocenters. The van der Waals surface area contributed by atoms with Gasteiger partial charge in [-0.25, -0.2) is 0 Å². The van der Waals surface area contributed by atoms with Crippen LogP contribution < -0.4 is 5.32 Å². The van der Waals surface area contributed by atoms with E-state index in [1.165, 1.54) is 95.5 Å². The molecule has 34 heavy (non-hydrogen) atoms. The number of hydrogen-bond acceptors (Lipinski definition) is 1. The highest BCUT2D eigenvalue weighted by atomic mass is 16.1. The molecule has 0 aliphatic heterocycles. The molecule has 0 aromatic heterocycles. The molecule has 1 rings (SSSR count). The molecular formula is C31H57N2O+. The number of amides is 1. The number of carbonyl (C=O) groups is 1. The molecule has 1 amide bonds. The minimum atomic E-state index is 0.236. The Morgan fingerprint density at radius 1 is 0.676 bits per heavy atom. The Kier molecular flexibility index (Phi) is 18.9. The lowest BCUT2D eigenvalue weighted by Gasteiger charge is -2.37. The number of nitrogens with one attached hydrogen (secondary N) is 1. The van der Waals surface area contributed by atoms with Crippen molar-refractivity contribution < 1.29 is 9.28 Å². The van der Waals surface area contributed by atoms with Crippen LogP contribution in [0.25, 0.3) is 0 Å². The Morgan fingerprint density at radius 3 is 1.62 bits per heavy atom. The van der Waals surface area contributed by atoms with Gasteiger partial charge in [-0.2, -0.15) is 0 Å². The fourth-order valence-corrected chi connectivity index (χ4v) is 4.99. The van der Waals surface area contributed by atoms with Crippen LogP contribution in [0, 0.1) is 0 Å². The number of carbonyl (C=O) groups excluding carboxylic acids is 1. The van der Waals surface area contributed by atoms with Gasteiger partial charge in [-0.3, -0.25) is 4.79 Å². The number of benzene rings is 1. The van der Waals surface area contributed by atoms with Gasteiger partial charge >= 0.3 is 0 Å². The van der Waals surface area contributed by atoms with Gasteiger partial charge in [0.2, 0.25) is 5.91 Å². The zero-order valence-corrected chi connectivity index (χ0v) is 23.1. The SMILES string of the molecule is CCCCCCCCCCCCCCCCCC(=O)NCC[N+](CC)(CC)Cc1ccccc1. The molecule has 3 nitrogen and oxygen atoms in total. The summed E-state index contributed by atoms with van der Waals surface area (Å²) >= 11 is 0. The first-order chi connectivity index (χ1) is 16.7. The van der Waals surface area contributed by atoms with E-state index in [4.69, 9.17) is 0 Å². The van der Waals surface area contributed by atoms with E-state index in [1.54, 1.807) is 0 Å². The van der Waals surface area contributed by atoms with Gasteiger partial charge in [0, 0.05) is 12.0 Å². The Balaban J connectivity index is 1.97. The van der Waals surface area contributed by atoms with Crippen molar-refractivity contribution in [2.45, 2.75) is 130 Å². The first kappa shape index (κ1) is 30.7. The van der Waals surface area contributed by atoms with E-state index >= 15 is 0 Å². The molecule has 3 heteroatoms. The van der Waals surface area contributed by atoms with Crippen molar-refractivity contribution in [2.24, 2.45) is 0 Å². The van der Waals surface area contributed by atoms with Crippen molar-refractivity contribution in [2.75, 3.05) is 26.2 Å². The van der Waals surface area contributed by atoms with Gasteiger partial charge in [-0.1, -0.05) is 127 Å². The van der Waals surface area contributed by atoms with Crippen molar-refractivity contribution in [3.8, 4) is 0 Å². The normalized spacial score (nSPS) is 11.6. The quantitative estimate of drug-likeness (QED) is 0.125. The highest BCUT2D eigenvalue weighted by molar-refractivity contribution is 5.75. The smallest absolute Gasteiger partial charge is 0.220 e. The lowest BCUT2D eigenvalue weighted by Crippen LogP contribution is -2.51. The molecule has 0 saturated carbocycles. The minimum Gasteiger partial charge on any atom is -0.350 e. The average Bonchev–Trinajstić information content (AvgIpc) is 2.86. The maximum atomic E-state index is 12.3. The maximum Gasteiger partial charge on any atom is 0.220 e. The predicted octanol–water partition coefficient (Wildman–Crippen LogP) is 8.42. The summed E-state index contributed by atoms with van der Waals surface area (Å²) in [6, 6.07) is 10.7. The maximum absolute atomic E-state index is 12.3. The lowest BCUT2D eigenvalue weighted by atomic mass is 10.0. The van der Waals surface area contributed by atoms with Gasteiger partial charge in [-0.05, 0) is 20.3 Å². The molecular weight excluding hydrogens is 416 g/mol. The third-order valence-corrected chi connectivity index (χ3v) is 7.62. The van der Waals surface area contributed by atoms with Gasteiger partial charge < -0.3 is 9.80 Å². The fraction of sp³-hybridized carbons (Fsp3) is 0.774. The second-order valence-corrected chi connectivity index (χ2v) is 10.4. The summed E-state index contributed by atoms with van der Waals surface area (Å²) in [5, 5.41) is 3.19. The molecule has 0 aliphatic carbocycles. The third kappa shape index (κ3) is 15.5. The van der Waals surface area contributed by atoms with E-state index in [2.05, 4.69) is 56.4 Å². The summed E-state index contributed by atoms with van der Waals surface area (Å²) in [5.74, 6) is 0.236. The van der Waals surface area contributed by atoms with Crippen molar-refractivity contribution in [1.82, 2.24) is 5.32 Å². The lowest BCUT2D eigenvalue weighted by molar-refractivity contribution is -0.936. The Labute approximate surface area is 212 Å². The molecule has 0 bridgehead atoms. The monoisotopic (exact) mass is 473 g/mol. The number of unbranched alkanes of at least 4 members (excludes halogenated alkanes) is 14. The predicted molar refractivity (Wildman–Crippen MR) is 149 cm³/mol. The van der Waals surface area contributed by atoms with Gasteiger partial charge in [-0.15, -0.1) is 0 Å². The van der Waals surface area contributed by atoms with Crippen LogP contribution in [0.5, 0.6) is 0 Å². The summed E-state index contributed by atoms with van der Waals surface area (Å²) in [6.45, 7) is 11.9. The van der Waals surface area contributed by atoms with Crippen molar-refractivity contribution in [1.29, 1.82) is 0 Å². The van der Waals surface area contributed by atoms with E-state index in [-0.39, 0.29) is 5.91 Å². The van der Waals surface area contributed by atoms with Gasteiger partial charge in [0.1, 0.15) is 6.54 Å². The van der Waals surface area contributed by atoms with Crippen LogP contribution in [0.4, 0.5) is 0 Å².